The van der Waals surface area contributed by atoms with Crippen molar-refractivity contribution in [3.05, 3.63) is 0 Å². The van der Waals surface area contributed by atoms with Gasteiger partial charge in [0, 0.05) is 12.1 Å². The SMILES string of the molecule is COC(=O)C(C)C(C)NC1CCCCCC1. The van der Waals surface area contributed by atoms with Gasteiger partial charge in [-0.05, 0) is 19.8 Å². The van der Waals surface area contributed by atoms with E-state index in [2.05, 4.69) is 12.2 Å². The number of hydrogen-bond donors (Lipinski definition) is 1. The average Bonchev–Trinajstić information content (AvgIpc) is 2.55. The van der Waals surface area contributed by atoms with E-state index in [1.807, 2.05) is 6.92 Å². The summed E-state index contributed by atoms with van der Waals surface area (Å²) in [4.78, 5) is 11.4. The number of methoxy groups -OCH3 is 1. The maximum atomic E-state index is 11.4. The quantitative estimate of drug-likeness (QED) is 0.592. The summed E-state index contributed by atoms with van der Waals surface area (Å²) in [5, 5.41) is 3.57. The lowest BCUT2D eigenvalue weighted by Crippen LogP contribution is -2.42. The fourth-order valence-corrected chi connectivity index (χ4v) is 2.35. The van der Waals surface area contributed by atoms with Crippen molar-refractivity contribution in [2.45, 2.75) is 64.5 Å². The first kappa shape index (κ1) is 13.5. The lowest BCUT2D eigenvalue weighted by atomic mass is 10.0. The molecule has 0 radical (unpaired) electrons. The van der Waals surface area contributed by atoms with Gasteiger partial charge in [-0.1, -0.05) is 32.6 Å². The van der Waals surface area contributed by atoms with Gasteiger partial charge < -0.3 is 10.1 Å². The predicted molar refractivity (Wildman–Crippen MR) is 65.3 cm³/mol. The van der Waals surface area contributed by atoms with Gasteiger partial charge in [-0.3, -0.25) is 4.79 Å². The summed E-state index contributed by atoms with van der Waals surface area (Å²) in [6.45, 7) is 4.01. The molecule has 1 aliphatic rings. The number of rotatable bonds is 4. The van der Waals surface area contributed by atoms with Gasteiger partial charge in [0.1, 0.15) is 0 Å². The second-order valence-electron chi connectivity index (χ2n) is 4.96. The van der Waals surface area contributed by atoms with E-state index in [1.165, 1.54) is 45.6 Å². The molecule has 16 heavy (non-hydrogen) atoms. The average molecular weight is 227 g/mol. The second-order valence-corrected chi connectivity index (χ2v) is 4.96. The van der Waals surface area contributed by atoms with Gasteiger partial charge in [-0.15, -0.1) is 0 Å². The molecule has 1 N–H and O–H groups in total. The van der Waals surface area contributed by atoms with Crippen molar-refractivity contribution in [3.8, 4) is 0 Å². The Morgan fingerprint density at radius 2 is 1.75 bits per heavy atom. The van der Waals surface area contributed by atoms with E-state index in [4.69, 9.17) is 4.74 Å². The molecule has 0 aromatic heterocycles. The van der Waals surface area contributed by atoms with Crippen LogP contribution in [-0.2, 0) is 9.53 Å². The number of hydrogen-bond acceptors (Lipinski definition) is 3. The zero-order valence-corrected chi connectivity index (χ0v) is 10.8. The van der Waals surface area contributed by atoms with Gasteiger partial charge in [-0.25, -0.2) is 0 Å². The smallest absolute Gasteiger partial charge is 0.309 e. The Labute approximate surface area is 98.9 Å². The van der Waals surface area contributed by atoms with Gasteiger partial charge in [0.25, 0.3) is 0 Å². The summed E-state index contributed by atoms with van der Waals surface area (Å²) < 4.78 is 4.77. The first-order valence-electron chi connectivity index (χ1n) is 6.49. The summed E-state index contributed by atoms with van der Waals surface area (Å²) in [5.41, 5.74) is 0. The van der Waals surface area contributed by atoms with E-state index in [-0.39, 0.29) is 17.9 Å². The van der Waals surface area contributed by atoms with Gasteiger partial charge >= 0.3 is 5.97 Å². The van der Waals surface area contributed by atoms with Crippen LogP contribution < -0.4 is 5.32 Å². The number of carbonyl (C=O) groups excluding carboxylic acids is 1. The van der Waals surface area contributed by atoms with Crippen LogP contribution in [0.3, 0.4) is 0 Å². The maximum Gasteiger partial charge on any atom is 0.309 e. The van der Waals surface area contributed by atoms with E-state index >= 15 is 0 Å². The maximum absolute atomic E-state index is 11.4. The number of ether oxygens (including phenoxy) is 1. The lowest BCUT2D eigenvalue weighted by molar-refractivity contribution is -0.145. The minimum Gasteiger partial charge on any atom is -0.469 e. The van der Waals surface area contributed by atoms with Crippen LogP contribution in [0.2, 0.25) is 0 Å². The minimum absolute atomic E-state index is 0.0618. The predicted octanol–water partition coefficient (Wildman–Crippen LogP) is 2.50. The highest BCUT2D eigenvalue weighted by Crippen LogP contribution is 2.18. The van der Waals surface area contributed by atoms with Crippen LogP contribution in [0.15, 0.2) is 0 Å². The molecule has 0 aromatic carbocycles. The van der Waals surface area contributed by atoms with Crippen molar-refractivity contribution in [1.29, 1.82) is 0 Å². The molecule has 1 saturated carbocycles. The molecular weight excluding hydrogens is 202 g/mol. The normalized spacial score (nSPS) is 22.2. The standard InChI is InChI=1S/C13H25NO2/c1-10(13(15)16-3)11(2)14-12-8-6-4-5-7-9-12/h10-12,14H,4-9H2,1-3H3. The zero-order valence-electron chi connectivity index (χ0n) is 10.8. The van der Waals surface area contributed by atoms with Crippen molar-refractivity contribution in [1.82, 2.24) is 5.32 Å². The van der Waals surface area contributed by atoms with E-state index in [1.54, 1.807) is 0 Å². The molecule has 0 aliphatic heterocycles. The lowest BCUT2D eigenvalue weighted by Gasteiger charge is -2.25. The highest BCUT2D eigenvalue weighted by molar-refractivity contribution is 5.72. The topological polar surface area (TPSA) is 38.3 Å². The zero-order chi connectivity index (χ0) is 12.0. The summed E-state index contributed by atoms with van der Waals surface area (Å²) in [5.74, 6) is -0.179. The summed E-state index contributed by atoms with van der Waals surface area (Å²) in [6, 6.07) is 0.792. The van der Waals surface area contributed by atoms with Crippen LogP contribution in [0.1, 0.15) is 52.4 Å². The molecule has 94 valence electrons. The van der Waals surface area contributed by atoms with Crippen LogP contribution in [-0.4, -0.2) is 25.2 Å². The molecule has 3 nitrogen and oxygen atoms in total. The number of carbonyl (C=O) groups is 1. The monoisotopic (exact) mass is 227 g/mol. The Kier molecular flexibility index (Phi) is 5.81. The van der Waals surface area contributed by atoms with Crippen LogP contribution in [0, 0.1) is 5.92 Å². The van der Waals surface area contributed by atoms with E-state index in [0.717, 1.165) is 0 Å². The third-order valence-corrected chi connectivity index (χ3v) is 3.68. The molecule has 0 saturated heterocycles. The Balaban J connectivity index is 2.36. The van der Waals surface area contributed by atoms with Gasteiger partial charge in [0.2, 0.25) is 0 Å². The summed E-state index contributed by atoms with van der Waals surface area (Å²) >= 11 is 0. The first-order valence-corrected chi connectivity index (χ1v) is 6.49. The largest absolute Gasteiger partial charge is 0.469 e. The Bertz CT molecular complexity index is 210. The first-order chi connectivity index (χ1) is 7.65. The molecule has 2 atom stereocenters. The van der Waals surface area contributed by atoms with Crippen LogP contribution in [0.25, 0.3) is 0 Å². The molecule has 3 heteroatoms. The van der Waals surface area contributed by atoms with Crippen molar-refractivity contribution in [2.75, 3.05) is 7.11 Å². The Morgan fingerprint density at radius 1 is 1.19 bits per heavy atom. The van der Waals surface area contributed by atoms with E-state index < -0.39 is 0 Å². The van der Waals surface area contributed by atoms with Crippen molar-refractivity contribution in [3.63, 3.8) is 0 Å². The highest BCUT2D eigenvalue weighted by atomic mass is 16.5. The molecule has 2 unspecified atom stereocenters. The van der Waals surface area contributed by atoms with Crippen molar-refractivity contribution >= 4 is 5.97 Å². The third-order valence-electron chi connectivity index (χ3n) is 3.68. The van der Waals surface area contributed by atoms with Gasteiger partial charge in [0.15, 0.2) is 0 Å². The molecule has 1 fully saturated rings. The van der Waals surface area contributed by atoms with Crippen LogP contribution in [0.5, 0.6) is 0 Å². The van der Waals surface area contributed by atoms with Gasteiger partial charge in [-0.2, -0.15) is 0 Å². The Hall–Kier alpha value is -0.570. The fraction of sp³-hybridized carbons (Fsp3) is 0.923. The molecular formula is C13H25NO2. The minimum atomic E-state index is -0.117. The molecule has 0 amide bonds. The molecule has 0 bridgehead atoms. The van der Waals surface area contributed by atoms with Gasteiger partial charge in [0.05, 0.1) is 13.0 Å². The second kappa shape index (κ2) is 6.89. The van der Waals surface area contributed by atoms with Crippen LogP contribution in [0.4, 0.5) is 0 Å². The molecule has 1 rings (SSSR count). The van der Waals surface area contributed by atoms with Crippen molar-refractivity contribution < 1.29 is 9.53 Å². The fourth-order valence-electron chi connectivity index (χ4n) is 2.35. The number of esters is 1. The molecule has 0 heterocycles. The van der Waals surface area contributed by atoms with Crippen LogP contribution >= 0.6 is 0 Å². The highest BCUT2D eigenvalue weighted by Gasteiger charge is 2.23. The Morgan fingerprint density at radius 3 is 2.25 bits per heavy atom. The van der Waals surface area contributed by atoms with E-state index in [9.17, 15) is 4.79 Å². The third kappa shape index (κ3) is 4.12. The molecule has 0 aromatic rings. The van der Waals surface area contributed by atoms with Crippen molar-refractivity contribution in [2.24, 2.45) is 5.92 Å². The molecule has 1 aliphatic carbocycles. The summed E-state index contributed by atoms with van der Waals surface area (Å²) in [7, 11) is 1.46. The van der Waals surface area contributed by atoms with E-state index in [0.29, 0.717) is 6.04 Å². The number of nitrogens with one attached hydrogen (secondary N) is 1. The summed E-state index contributed by atoms with van der Waals surface area (Å²) in [6.07, 6.45) is 7.85. The molecule has 0 spiro atoms.